The molecule has 0 spiro atoms. The van der Waals surface area contributed by atoms with Gasteiger partial charge in [-0.2, -0.15) is 0 Å². The molecule has 3 N–H and O–H groups in total. The molecule has 0 aliphatic carbocycles. The van der Waals surface area contributed by atoms with Gasteiger partial charge in [0, 0.05) is 22.0 Å². The number of aliphatic carboxylic acids is 1. The van der Waals surface area contributed by atoms with Crippen molar-refractivity contribution in [2.75, 3.05) is 5.32 Å². The number of para-hydroxylation sites is 1. The predicted octanol–water partition coefficient (Wildman–Crippen LogP) is 5.11. The van der Waals surface area contributed by atoms with Crippen LogP contribution in [0.25, 0.3) is 0 Å². The molecule has 1 heterocycles. The van der Waals surface area contributed by atoms with E-state index in [0.29, 0.717) is 37.6 Å². The minimum atomic E-state index is -1.37. The average Bonchev–Trinajstić information content (AvgIpc) is 3.32. The number of carboxylic acid groups (broad SMARTS) is 1. The third-order valence-electron chi connectivity index (χ3n) is 6.02. The van der Waals surface area contributed by atoms with Crippen molar-refractivity contribution in [1.82, 2.24) is 5.32 Å². The zero-order chi connectivity index (χ0) is 28.8. The van der Waals surface area contributed by atoms with Gasteiger partial charge in [0.25, 0.3) is 11.8 Å². The number of carboxylic acids is 1. The first-order valence-electron chi connectivity index (χ1n) is 12.2. The molecule has 3 aromatic rings. The van der Waals surface area contributed by atoms with Crippen molar-refractivity contribution >= 4 is 58.3 Å². The number of hydrogen-bond donors (Lipinski definition) is 3. The Balaban J connectivity index is 1.37. The van der Waals surface area contributed by atoms with Crippen LogP contribution in [-0.4, -0.2) is 47.4 Å². The molecule has 0 saturated carbocycles. The van der Waals surface area contributed by atoms with E-state index < -0.39 is 42.3 Å². The van der Waals surface area contributed by atoms with Crippen LogP contribution >= 0.6 is 34.8 Å². The molecule has 210 valence electrons. The minimum absolute atomic E-state index is 0.0304. The Labute approximate surface area is 245 Å². The highest BCUT2D eigenvalue weighted by atomic mass is 35.5. The smallest absolute Gasteiger partial charge is 0.326 e. The topological polar surface area (TPSA) is 123 Å². The fraction of sp³-hybridized carbons (Fsp3) is 0.250. The van der Waals surface area contributed by atoms with Crippen LogP contribution in [0.2, 0.25) is 15.1 Å². The molecule has 1 aliphatic rings. The highest BCUT2D eigenvalue weighted by molar-refractivity contribution is 6.36. The van der Waals surface area contributed by atoms with Crippen LogP contribution in [-0.2, 0) is 36.9 Å². The molecule has 40 heavy (non-hydrogen) atoms. The molecule has 0 radical (unpaired) electrons. The molecule has 2 amide bonds. The second-order valence-electron chi connectivity index (χ2n) is 8.89. The van der Waals surface area contributed by atoms with E-state index in [9.17, 15) is 19.5 Å². The molecule has 1 aliphatic heterocycles. The molecule has 0 aromatic heterocycles. The maximum absolute atomic E-state index is 13.0. The maximum Gasteiger partial charge on any atom is 0.326 e. The van der Waals surface area contributed by atoms with E-state index in [2.05, 4.69) is 10.6 Å². The number of ether oxygens (including phenoxy) is 3. The molecular weight excluding hydrogens is 583 g/mol. The Morgan fingerprint density at radius 1 is 0.875 bits per heavy atom. The number of carbonyl (C=O) groups is 3. The van der Waals surface area contributed by atoms with E-state index in [0.717, 1.165) is 0 Å². The number of halogens is 3. The zero-order valence-electron chi connectivity index (χ0n) is 21.1. The van der Waals surface area contributed by atoms with E-state index in [1.807, 2.05) is 0 Å². The Morgan fingerprint density at radius 3 is 2.10 bits per heavy atom. The number of benzene rings is 3. The number of rotatable bonds is 10. The summed E-state index contributed by atoms with van der Waals surface area (Å²) in [6.07, 6.45) is -3.58. The summed E-state index contributed by atoms with van der Waals surface area (Å²) in [5.41, 5.74) is 1.61. The standard InChI is InChI=1S/C28H25Cl3N2O7/c1-15-39-24(26(34)32-22-8-3-2-5-21(22)31)25(40-15)27(35)33-23(28(36)37)13-16-9-11-17(12-10-16)38-14-18-19(29)6-4-7-20(18)30/h2-12,15,23-25H,13-14H2,1H3,(H,32,34)(H,33,35)(H,36,37). The molecular formula is C28H25Cl3N2O7. The van der Waals surface area contributed by atoms with Crippen molar-refractivity contribution in [2.24, 2.45) is 0 Å². The average molecular weight is 608 g/mol. The second-order valence-corrected chi connectivity index (χ2v) is 10.1. The van der Waals surface area contributed by atoms with E-state index in [1.165, 1.54) is 6.92 Å². The monoisotopic (exact) mass is 606 g/mol. The lowest BCUT2D eigenvalue weighted by molar-refractivity contribution is -0.144. The van der Waals surface area contributed by atoms with Gasteiger partial charge in [-0.3, -0.25) is 9.59 Å². The Morgan fingerprint density at radius 2 is 1.48 bits per heavy atom. The van der Waals surface area contributed by atoms with Gasteiger partial charge >= 0.3 is 5.97 Å². The van der Waals surface area contributed by atoms with Gasteiger partial charge in [-0.15, -0.1) is 0 Å². The van der Waals surface area contributed by atoms with Crippen LogP contribution in [0.15, 0.2) is 66.7 Å². The van der Waals surface area contributed by atoms with Crippen molar-refractivity contribution in [3.05, 3.63) is 92.9 Å². The van der Waals surface area contributed by atoms with E-state index in [-0.39, 0.29) is 13.0 Å². The van der Waals surface area contributed by atoms with E-state index in [1.54, 1.807) is 66.7 Å². The highest BCUT2D eigenvalue weighted by Gasteiger charge is 2.44. The van der Waals surface area contributed by atoms with Gasteiger partial charge < -0.3 is 30.0 Å². The second kappa shape index (κ2) is 13.3. The molecule has 12 heteroatoms. The summed E-state index contributed by atoms with van der Waals surface area (Å²) in [4.78, 5) is 37.9. The quantitative estimate of drug-likeness (QED) is 0.293. The summed E-state index contributed by atoms with van der Waals surface area (Å²) in [6, 6.07) is 17.2. The molecule has 0 bridgehead atoms. The third kappa shape index (κ3) is 7.44. The Kier molecular flexibility index (Phi) is 9.89. The van der Waals surface area contributed by atoms with Crippen molar-refractivity contribution in [1.29, 1.82) is 0 Å². The van der Waals surface area contributed by atoms with Crippen molar-refractivity contribution in [2.45, 2.75) is 44.5 Å². The Bertz CT molecular complexity index is 1370. The third-order valence-corrected chi connectivity index (χ3v) is 7.06. The molecule has 4 rings (SSSR count). The van der Waals surface area contributed by atoms with Crippen LogP contribution in [0.1, 0.15) is 18.1 Å². The molecule has 1 saturated heterocycles. The number of amides is 2. The first-order chi connectivity index (χ1) is 19.1. The lowest BCUT2D eigenvalue weighted by Crippen LogP contribution is -2.51. The lowest BCUT2D eigenvalue weighted by Gasteiger charge is -2.20. The molecule has 1 fully saturated rings. The van der Waals surface area contributed by atoms with Crippen molar-refractivity contribution in [3.8, 4) is 5.75 Å². The molecule has 4 atom stereocenters. The largest absolute Gasteiger partial charge is 0.489 e. The summed E-state index contributed by atoms with van der Waals surface area (Å²) in [5, 5.41) is 16.1. The highest BCUT2D eigenvalue weighted by Crippen LogP contribution is 2.27. The maximum atomic E-state index is 13.0. The van der Waals surface area contributed by atoms with Crippen molar-refractivity contribution < 1.29 is 33.7 Å². The molecule has 9 nitrogen and oxygen atoms in total. The summed E-state index contributed by atoms with van der Waals surface area (Å²) in [7, 11) is 0. The fourth-order valence-electron chi connectivity index (χ4n) is 3.99. The zero-order valence-corrected chi connectivity index (χ0v) is 23.4. The predicted molar refractivity (Wildman–Crippen MR) is 150 cm³/mol. The Hall–Kier alpha value is -3.34. The normalized spacial score (nSPS) is 19.1. The van der Waals surface area contributed by atoms with E-state index in [4.69, 9.17) is 49.0 Å². The summed E-state index contributed by atoms with van der Waals surface area (Å²) in [6.45, 7) is 1.68. The lowest BCUT2D eigenvalue weighted by atomic mass is 10.0. The van der Waals surface area contributed by atoms with Gasteiger partial charge in [0.1, 0.15) is 18.4 Å². The minimum Gasteiger partial charge on any atom is -0.489 e. The fourth-order valence-corrected chi connectivity index (χ4v) is 4.68. The van der Waals surface area contributed by atoms with Gasteiger partial charge in [0.05, 0.1) is 10.7 Å². The van der Waals surface area contributed by atoms with Gasteiger partial charge in [-0.05, 0) is 48.9 Å². The summed E-state index contributed by atoms with van der Waals surface area (Å²) >= 11 is 18.5. The molecule has 3 aromatic carbocycles. The van der Waals surface area contributed by atoms with Crippen molar-refractivity contribution in [3.63, 3.8) is 0 Å². The van der Waals surface area contributed by atoms with Gasteiger partial charge in [-0.25, -0.2) is 4.79 Å². The molecule has 4 unspecified atom stereocenters. The summed E-state index contributed by atoms with van der Waals surface area (Å²) in [5.74, 6) is -2.19. The summed E-state index contributed by atoms with van der Waals surface area (Å²) < 4.78 is 16.7. The van der Waals surface area contributed by atoms with Gasteiger partial charge in [-0.1, -0.05) is 65.1 Å². The number of carbonyl (C=O) groups excluding carboxylic acids is 2. The van der Waals surface area contributed by atoms with Crippen LogP contribution < -0.4 is 15.4 Å². The number of anilines is 1. The first kappa shape index (κ1) is 29.6. The van der Waals surface area contributed by atoms with Crippen LogP contribution in [0.4, 0.5) is 5.69 Å². The van der Waals surface area contributed by atoms with Gasteiger partial charge in [0.15, 0.2) is 18.5 Å². The van der Waals surface area contributed by atoms with Crippen LogP contribution in [0.5, 0.6) is 5.75 Å². The van der Waals surface area contributed by atoms with Crippen LogP contribution in [0.3, 0.4) is 0 Å². The SMILES string of the molecule is CC1OC(C(=O)Nc2ccccc2Cl)C(C(=O)NC(Cc2ccc(OCc3c(Cl)cccc3Cl)cc2)C(=O)O)O1. The van der Waals surface area contributed by atoms with E-state index >= 15 is 0 Å². The number of hydrogen-bond acceptors (Lipinski definition) is 6. The van der Waals surface area contributed by atoms with Crippen LogP contribution in [0, 0.1) is 0 Å². The first-order valence-corrected chi connectivity index (χ1v) is 13.3. The van der Waals surface area contributed by atoms with Gasteiger partial charge in [0.2, 0.25) is 0 Å². The number of nitrogens with one attached hydrogen (secondary N) is 2.